The standard InChI is InChI=1S/C23H26O2.4C2H6/c1-3-8-18-16(6-1)10-12-20-22(18)23-19-9-4-2-7-17(19)11-13-21(23)25-15-5-14-24-20;4*1-2/h10-13H,1-9,14-15H2;4*1-2H3. The third-order valence-electron chi connectivity index (χ3n) is 6.04. The van der Waals surface area contributed by atoms with Crippen molar-refractivity contribution in [3.05, 3.63) is 46.5 Å². The van der Waals surface area contributed by atoms with E-state index in [1.54, 1.807) is 0 Å². The van der Waals surface area contributed by atoms with Crippen molar-refractivity contribution in [2.24, 2.45) is 0 Å². The van der Waals surface area contributed by atoms with Crippen LogP contribution in [-0.4, -0.2) is 13.2 Å². The lowest BCUT2D eigenvalue weighted by Crippen LogP contribution is -2.10. The Balaban J connectivity index is 0.000000619. The average molecular weight is 455 g/mol. The topological polar surface area (TPSA) is 18.5 Å². The first-order chi connectivity index (χ1) is 16.4. The molecule has 0 bridgehead atoms. The van der Waals surface area contributed by atoms with E-state index in [0.717, 1.165) is 31.1 Å². The minimum absolute atomic E-state index is 0.738. The summed E-state index contributed by atoms with van der Waals surface area (Å²) in [6.45, 7) is 17.5. The van der Waals surface area contributed by atoms with E-state index in [-0.39, 0.29) is 0 Å². The smallest absolute Gasteiger partial charge is 0.127 e. The van der Waals surface area contributed by atoms with E-state index in [1.165, 1.54) is 84.7 Å². The van der Waals surface area contributed by atoms with Crippen LogP contribution in [0.3, 0.4) is 0 Å². The van der Waals surface area contributed by atoms with Gasteiger partial charge in [-0.2, -0.15) is 0 Å². The molecule has 2 aromatic rings. The molecular weight excluding hydrogens is 404 g/mol. The summed E-state index contributed by atoms with van der Waals surface area (Å²) in [4.78, 5) is 0. The second-order valence-electron chi connectivity index (χ2n) is 7.62. The van der Waals surface area contributed by atoms with Crippen molar-refractivity contribution in [2.45, 2.75) is 113 Å². The van der Waals surface area contributed by atoms with Gasteiger partial charge in [0, 0.05) is 17.5 Å². The second-order valence-corrected chi connectivity index (χ2v) is 7.62. The zero-order valence-electron chi connectivity index (χ0n) is 22.9. The maximum absolute atomic E-state index is 6.24. The Kier molecular flexibility index (Phi) is 14.6. The molecule has 2 heteroatoms. The zero-order valence-corrected chi connectivity index (χ0v) is 22.9. The van der Waals surface area contributed by atoms with E-state index in [9.17, 15) is 0 Å². The van der Waals surface area contributed by atoms with Crippen molar-refractivity contribution in [2.75, 3.05) is 13.2 Å². The number of hydrogen-bond donors (Lipinski definition) is 0. The maximum Gasteiger partial charge on any atom is 0.127 e. The first-order valence-electron chi connectivity index (χ1n) is 14.0. The van der Waals surface area contributed by atoms with E-state index in [1.807, 2.05) is 55.4 Å². The number of hydrogen-bond acceptors (Lipinski definition) is 2. The molecule has 0 fully saturated rings. The van der Waals surface area contributed by atoms with Gasteiger partial charge < -0.3 is 9.47 Å². The van der Waals surface area contributed by atoms with Gasteiger partial charge >= 0.3 is 0 Å². The van der Waals surface area contributed by atoms with Crippen molar-refractivity contribution in [1.82, 2.24) is 0 Å². The van der Waals surface area contributed by atoms with Gasteiger partial charge in [-0.1, -0.05) is 67.5 Å². The van der Waals surface area contributed by atoms with Crippen molar-refractivity contribution in [1.29, 1.82) is 0 Å². The molecule has 0 radical (unpaired) electrons. The summed E-state index contributed by atoms with van der Waals surface area (Å²) in [5, 5.41) is 0. The highest BCUT2D eigenvalue weighted by Gasteiger charge is 2.26. The fourth-order valence-electron chi connectivity index (χ4n) is 4.82. The lowest BCUT2D eigenvalue weighted by Gasteiger charge is -2.27. The highest BCUT2D eigenvalue weighted by Crippen LogP contribution is 2.47. The Hall–Kier alpha value is -1.96. The molecule has 0 unspecified atom stereocenters. The largest absolute Gasteiger partial charge is 0.493 e. The maximum atomic E-state index is 6.24. The molecule has 186 valence electrons. The van der Waals surface area contributed by atoms with Crippen molar-refractivity contribution < 1.29 is 9.47 Å². The molecule has 0 saturated carbocycles. The number of fused-ring (bicyclic) bond motifs is 7. The summed E-state index contributed by atoms with van der Waals surface area (Å²) in [5.41, 5.74) is 8.80. The summed E-state index contributed by atoms with van der Waals surface area (Å²) in [5.74, 6) is 2.15. The van der Waals surface area contributed by atoms with E-state index >= 15 is 0 Å². The minimum Gasteiger partial charge on any atom is -0.493 e. The van der Waals surface area contributed by atoms with Gasteiger partial charge in [-0.05, 0) is 85.8 Å². The summed E-state index contributed by atoms with van der Waals surface area (Å²) < 4.78 is 12.5. The normalized spacial score (nSPS) is 15.0. The summed E-state index contributed by atoms with van der Waals surface area (Å²) in [7, 11) is 0. The molecule has 2 aliphatic carbocycles. The van der Waals surface area contributed by atoms with Crippen LogP contribution in [0.25, 0.3) is 11.1 Å². The Morgan fingerprint density at radius 1 is 0.455 bits per heavy atom. The van der Waals surface area contributed by atoms with Gasteiger partial charge in [0.1, 0.15) is 11.5 Å². The van der Waals surface area contributed by atoms with Crippen LogP contribution in [0, 0.1) is 0 Å². The fraction of sp³-hybridized carbons (Fsp3) is 0.613. The first kappa shape index (κ1) is 29.1. The third kappa shape index (κ3) is 7.01. The highest BCUT2D eigenvalue weighted by molar-refractivity contribution is 5.83. The van der Waals surface area contributed by atoms with Crippen LogP contribution in [0.5, 0.6) is 11.5 Å². The number of ether oxygens (including phenoxy) is 2. The monoisotopic (exact) mass is 454 g/mol. The molecule has 5 rings (SSSR count). The Bertz CT molecular complexity index is 740. The molecule has 0 amide bonds. The van der Waals surface area contributed by atoms with E-state index in [4.69, 9.17) is 9.47 Å². The van der Waals surface area contributed by atoms with E-state index in [2.05, 4.69) is 24.3 Å². The van der Waals surface area contributed by atoms with E-state index in [0.29, 0.717) is 0 Å². The Morgan fingerprint density at radius 3 is 1.21 bits per heavy atom. The molecule has 1 heterocycles. The van der Waals surface area contributed by atoms with Crippen molar-refractivity contribution >= 4 is 0 Å². The van der Waals surface area contributed by atoms with E-state index < -0.39 is 0 Å². The van der Waals surface area contributed by atoms with Crippen LogP contribution in [0.4, 0.5) is 0 Å². The predicted octanol–water partition coefficient (Wildman–Crippen LogP) is 9.38. The van der Waals surface area contributed by atoms with Gasteiger partial charge in [0.15, 0.2) is 0 Å². The molecule has 2 nitrogen and oxygen atoms in total. The van der Waals surface area contributed by atoms with Crippen LogP contribution in [0.15, 0.2) is 24.3 Å². The van der Waals surface area contributed by atoms with Gasteiger partial charge in [0.25, 0.3) is 0 Å². The third-order valence-corrected chi connectivity index (χ3v) is 6.04. The van der Waals surface area contributed by atoms with Crippen LogP contribution < -0.4 is 9.47 Å². The van der Waals surface area contributed by atoms with Crippen molar-refractivity contribution in [3.63, 3.8) is 0 Å². The molecule has 3 aliphatic rings. The molecule has 0 N–H and O–H groups in total. The molecule has 1 aliphatic heterocycles. The number of benzene rings is 2. The molecule has 33 heavy (non-hydrogen) atoms. The van der Waals surface area contributed by atoms with Crippen LogP contribution in [-0.2, 0) is 25.7 Å². The van der Waals surface area contributed by atoms with Gasteiger partial charge in [-0.3, -0.25) is 0 Å². The Labute approximate surface area is 205 Å². The van der Waals surface area contributed by atoms with Gasteiger partial charge in [0.05, 0.1) is 13.2 Å². The molecule has 2 aromatic carbocycles. The van der Waals surface area contributed by atoms with Gasteiger partial charge in [-0.15, -0.1) is 0 Å². The molecule has 0 spiro atoms. The molecular formula is C31H50O2. The zero-order chi connectivity index (χ0) is 24.6. The summed E-state index contributed by atoms with van der Waals surface area (Å²) in [6.07, 6.45) is 10.9. The van der Waals surface area contributed by atoms with Crippen LogP contribution in [0.2, 0.25) is 0 Å². The van der Waals surface area contributed by atoms with Gasteiger partial charge in [-0.25, -0.2) is 0 Å². The fourth-order valence-corrected chi connectivity index (χ4v) is 4.82. The average Bonchev–Trinajstić information content (AvgIpc) is 3.02. The quantitative estimate of drug-likeness (QED) is 0.394. The second kappa shape index (κ2) is 16.6. The predicted molar refractivity (Wildman–Crippen MR) is 146 cm³/mol. The molecule has 0 saturated heterocycles. The summed E-state index contributed by atoms with van der Waals surface area (Å²) in [6, 6.07) is 9.05. The van der Waals surface area contributed by atoms with Crippen molar-refractivity contribution in [3.8, 4) is 22.6 Å². The van der Waals surface area contributed by atoms with Crippen LogP contribution >= 0.6 is 0 Å². The lowest BCUT2D eigenvalue weighted by atomic mass is 9.80. The SMILES string of the molecule is CC.CC.CC.CC.c1cc2c(c3c1CCCC3)-c1c(ccc3c1CCCC3)OCCCO2. The highest BCUT2D eigenvalue weighted by atomic mass is 16.5. The van der Waals surface area contributed by atoms with Crippen LogP contribution in [0.1, 0.15) is 110 Å². The summed E-state index contributed by atoms with van der Waals surface area (Å²) >= 11 is 0. The number of rotatable bonds is 0. The lowest BCUT2D eigenvalue weighted by molar-refractivity contribution is 0.252. The Morgan fingerprint density at radius 2 is 0.818 bits per heavy atom. The molecule has 0 atom stereocenters. The minimum atomic E-state index is 0.738. The first-order valence-corrected chi connectivity index (χ1v) is 14.0. The van der Waals surface area contributed by atoms with Gasteiger partial charge in [0.2, 0.25) is 0 Å². The number of aryl methyl sites for hydroxylation is 2. The molecule has 0 aromatic heterocycles.